The summed E-state index contributed by atoms with van der Waals surface area (Å²) in [7, 11) is 0. The number of aryl methyl sites for hydroxylation is 1. The van der Waals surface area contributed by atoms with E-state index in [2.05, 4.69) is 16.7 Å². The van der Waals surface area contributed by atoms with Crippen LogP contribution in [0.4, 0.5) is 0 Å². The lowest BCUT2D eigenvalue weighted by Crippen LogP contribution is -2.09. The predicted molar refractivity (Wildman–Crippen MR) is 47.5 cm³/mol. The zero-order chi connectivity index (χ0) is 8.97. The lowest BCUT2D eigenvalue weighted by molar-refractivity contribution is 0.126. The zero-order valence-electron chi connectivity index (χ0n) is 7.45. The lowest BCUT2D eigenvalue weighted by atomic mass is 10.0. The molecule has 1 rings (SSSR count). The minimum atomic E-state index is 0.309. The van der Waals surface area contributed by atoms with Crippen LogP contribution in [0.15, 0.2) is 18.3 Å². The molecular formula is C9H14N2O. The van der Waals surface area contributed by atoms with Crippen LogP contribution in [-0.2, 0) is 4.84 Å². The van der Waals surface area contributed by atoms with E-state index in [-0.39, 0.29) is 0 Å². The molecular weight excluding hydrogens is 152 g/mol. The smallest absolute Gasteiger partial charge is 0.0745 e. The number of pyridine rings is 1. The zero-order valence-corrected chi connectivity index (χ0v) is 7.45. The number of aromatic nitrogens is 1. The molecule has 1 aromatic heterocycles. The maximum absolute atomic E-state index is 5.00. The van der Waals surface area contributed by atoms with E-state index in [1.54, 1.807) is 6.20 Å². The fraction of sp³-hybridized carbons (Fsp3) is 0.444. The number of rotatable bonds is 3. The molecule has 2 N–H and O–H groups in total. The summed E-state index contributed by atoms with van der Waals surface area (Å²) in [4.78, 5) is 8.77. The molecule has 0 spiro atoms. The van der Waals surface area contributed by atoms with Crippen LogP contribution in [-0.4, -0.2) is 11.6 Å². The first-order valence-electron chi connectivity index (χ1n) is 3.99. The molecule has 3 nitrogen and oxygen atoms in total. The van der Waals surface area contributed by atoms with Crippen LogP contribution in [0.1, 0.15) is 24.1 Å². The van der Waals surface area contributed by atoms with Gasteiger partial charge in [-0.05, 0) is 18.6 Å². The van der Waals surface area contributed by atoms with E-state index >= 15 is 0 Å². The van der Waals surface area contributed by atoms with E-state index in [0.29, 0.717) is 12.5 Å². The number of hydrogen-bond donors (Lipinski definition) is 1. The van der Waals surface area contributed by atoms with Gasteiger partial charge in [-0.25, -0.2) is 5.90 Å². The molecule has 0 fully saturated rings. The Bertz CT molecular complexity index is 250. The molecule has 12 heavy (non-hydrogen) atoms. The summed E-state index contributed by atoms with van der Waals surface area (Å²) in [6.45, 7) is 4.59. The molecule has 0 saturated carbocycles. The highest BCUT2D eigenvalue weighted by atomic mass is 16.6. The maximum Gasteiger partial charge on any atom is 0.0745 e. The van der Waals surface area contributed by atoms with Crippen molar-refractivity contribution in [2.24, 2.45) is 5.90 Å². The van der Waals surface area contributed by atoms with Gasteiger partial charge < -0.3 is 4.84 Å². The third-order valence-corrected chi connectivity index (χ3v) is 1.92. The van der Waals surface area contributed by atoms with E-state index in [9.17, 15) is 0 Å². The van der Waals surface area contributed by atoms with E-state index in [1.165, 1.54) is 5.56 Å². The first-order chi connectivity index (χ1) is 5.75. The lowest BCUT2D eigenvalue weighted by Gasteiger charge is -2.11. The summed E-state index contributed by atoms with van der Waals surface area (Å²) in [5.74, 6) is 5.31. The summed E-state index contributed by atoms with van der Waals surface area (Å²) in [5, 5.41) is 0. The Hall–Kier alpha value is -0.930. The number of nitrogens with two attached hydrogens (primary N) is 1. The fourth-order valence-electron chi connectivity index (χ4n) is 1.25. The third kappa shape index (κ3) is 2.03. The summed E-state index contributed by atoms with van der Waals surface area (Å²) >= 11 is 0. The van der Waals surface area contributed by atoms with Crippen LogP contribution in [0.25, 0.3) is 0 Å². The Labute approximate surface area is 72.5 Å². The van der Waals surface area contributed by atoms with Gasteiger partial charge in [-0.3, -0.25) is 4.98 Å². The molecule has 66 valence electrons. The Kier molecular flexibility index (Phi) is 3.19. The molecule has 0 aromatic carbocycles. The largest absolute Gasteiger partial charge is 0.304 e. The molecule has 1 heterocycles. The van der Waals surface area contributed by atoms with Crippen molar-refractivity contribution in [2.45, 2.75) is 19.8 Å². The van der Waals surface area contributed by atoms with Gasteiger partial charge in [0, 0.05) is 17.8 Å². The topological polar surface area (TPSA) is 48.1 Å². The van der Waals surface area contributed by atoms with Crippen molar-refractivity contribution in [2.75, 3.05) is 6.61 Å². The highest BCUT2D eigenvalue weighted by Crippen LogP contribution is 2.16. The van der Waals surface area contributed by atoms with Gasteiger partial charge in [0.1, 0.15) is 0 Å². The van der Waals surface area contributed by atoms with Crippen molar-refractivity contribution in [3.05, 3.63) is 29.6 Å². The molecule has 1 aromatic rings. The molecule has 0 aliphatic rings. The van der Waals surface area contributed by atoms with Crippen molar-refractivity contribution in [1.82, 2.24) is 4.98 Å². The van der Waals surface area contributed by atoms with Gasteiger partial charge in [-0.15, -0.1) is 0 Å². The Morgan fingerprint density at radius 3 is 3.00 bits per heavy atom. The standard InChI is InChI=1S/C9H14N2O/c1-7(6-12-10)9-4-3-5-11-8(9)2/h3-5,7H,6,10H2,1-2H3. The third-order valence-electron chi connectivity index (χ3n) is 1.92. The van der Waals surface area contributed by atoms with E-state index < -0.39 is 0 Å². The Morgan fingerprint density at radius 2 is 2.42 bits per heavy atom. The van der Waals surface area contributed by atoms with Crippen molar-refractivity contribution >= 4 is 0 Å². The van der Waals surface area contributed by atoms with Gasteiger partial charge >= 0.3 is 0 Å². The van der Waals surface area contributed by atoms with Crippen molar-refractivity contribution in [3.63, 3.8) is 0 Å². The van der Waals surface area contributed by atoms with Gasteiger partial charge in [-0.2, -0.15) is 0 Å². The van der Waals surface area contributed by atoms with Crippen LogP contribution < -0.4 is 5.90 Å². The quantitative estimate of drug-likeness (QED) is 0.690. The Balaban J connectivity index is 2.79. The second kappa shape index (κ2) is 4.18. The highest BCUT2D eigenvalue weighted by Gasteiger charge is 2.07. The molecule has 3 heteroatoms. The van der Waals surface area contributed by atoms with Crippen molar-refractivity contribution < 1.29 is 4.84 Å². The van der Waals surface area contributed by atoms with Crippen LogP contribution in [0.2, 0.25) is 0 Å². The molecule has 0 amide bonds. The minimum Gasteiger partial charge on any atom is -0.304 e. The number of hydrogen-bond acceptors (Lipinski definition) is 3. The highest BCUT2D eigenvalue weighted by molar-refractivity contribution is 5.22. The number of nitrogens with zero attached hydrogens (tertiary/aromatic N) is 1. The average Bonchev–Trinajstić information content (AvgIpc) is 2.05. The van der Waals surface area contributed by atoms with Crippen LogP contribution >= 0.6 is 0 Å². The van der Waals surface area contributed by atoms with Crippen LogP contribution in [0.3, 0.4) is 0 Å². The summed E-state index contributed by atoms with van der Waals surface area (Å²) in [5.41, 5.74) is 2.24. The fourth-order valence-corrected chi connectivity index (χ4v) is 1.25. The molecule has 0 radical (unpaired) electrons. The van der Waals surface area contributed by atoms with Gasteiger partial charge in [0.05, 0.1) is 6.61 Å². The maximum atomic E-state index is 5.00. The van der Waals surface area contributed by atoms with Crippen molar-refractivity contribution in [3.8, 4) is 0 Å². The van der Waals surface area contributed by atoms with Gasteiger partial charge in [0.15, 0.2) is 0 Å². The van der Waals surface area contributed by atoms with Crippen LogP contribution in [0, 0.1) is 6.92 Å². The first kappa shape index (κ1) is 9.16. The molecule has 0 saturated heterocycles. The second-order valence-electron chi connectivity index (χ2n) is 2.91. The molecule has 1 unspecified atom stereocenters. The molecule has 0 aliphatic carbocycles. The first-order valence-corrected chi connectivity index (χ1v) is 3.99. The molecule has 1 atom stereocenters. The molecule has 0 aliphatic heterocycles. The SMILES string of the molecule is Cc1ncccc1C(C)CON. The van der Waals surface area contributed by atoms with Crippen molar-refractivity contribution in [1.29, 1.82) is 0 Å². The predicted octanol–water partition coefficient (Wildman–Crippen LogP) is 1.38. The summed E-state index contributed by atoms with van der Waals surface area (Å²) in [6, 6.07) is 3.97. The average molecular weight is 166 g/mol. The van der Waals surface area contributed by atoms with E-state index in [4.69, 9.17) is 5.90 Å². The minimum absolute atomic E-state index is 0.309. The Morgan fingerprint density at radius 1 is 1.67 bits per heavy atom. The van der Waals surface area contributed by atoms with Gasteiger partial charge in [0.25, 0.3) is 0 Å². The molecule has 0 bridgehead atoms. The van der Waals surface area contributed by atoms with Gasteiger partial charge in [0.2, 0.25) is 0 Å². The van der Waals surface area contributed by atoms with E-state index in [0.717, 1.165) is 5.69 Å². The summed E-state index contributed by atoms with van der Waals surface area (Å²) < 4.78 is 0. The second-order valence-corrected chi connectivity index (χ2v) is 2.91. The monoisotopic (exact) mass is 166 g/mol. The van der Waals surface area contributed by atoms with E-state index in [1.807, 2.05) is 19.1 Å². The summed E-state index contributed by atoms with van der Waals surface area (Å²) in [6.07, 6.45) is 1.79. The van der Waals surface area contributed by atoms with Gasteiger partial charge in [-0.1, -0.05) is 13.0 Å². The normalized spacial score (nSPS) is 12.9. The van der Waals surface area contributed by atoms with Crippen LogP contribution in [0.5, 0.6) is 0 Å².